The van der Waals surface area contributed by atoms with E-state index in [1.807, 2.05) is 6.92 Å². The second-order valence-electron chi connectivity index (χ2n) is 3.64. The second kappa shape index (κ2) is 6.42. The van der Waals surface area contributed by atoms with E-state index in [4.69, 9.17) is 0 Å². The van der Waals surface area contributed by atoms with E-state index in [1.54, 1.807) is 17.3 Å². The Morgan fingerprint density at radius 1 is 1.67 bits per heavy atom. The van der Waals surface area contributed by atoms with E-state index in [-0.39, 0.29) is 12.1 Å². The number of nitrogens with one attached hydrogen (secondary N) is 1. The Morgan fingerprint density at radius 2 is 2.47 bits per heavy atom. The van der Waals surface area contributed by atoms with Crippen LogP contribution >= 0.6 is 23.1 Å². The molecule has 86 valence electrons. The second-order valence-corrected chi connectivity index (χ2v) is 5.69. The zero-order chi connectivity index (χ0) is 11.1. The van der Waals surface area contributed by atoms with Crippen LogP contribution in [0, 0.1) is 0 Å². The van der Waals surface area contributed by atoms with Gasteiger partial charge < -0.3 is 10.4 Å². The zero-order valence-corrected chi connectivity index (χ0v) is 10.7. The van der Waals surface area contributed by atoms with Gasteiger partial charge in [-0.15, -0.1) is 10.2 Å². The molecular formula is C9H17N3OS2. The highest BCUT2D eigenvalue weighted by Crippen LogP contribution is 2.23. The molecule has 0 spiro atoms. The average molecular weight is 247 g/mol. The molecule has 1 aromatic heterocycles. The van der Waals surface area contributed by atoms with Crippen LogP contribution in [0.5, 0.6) is 0 Å². The number of rotatable bonds is 7. The van der Waals surface area contributed by atoms with Crippen molar-refractivity contribution in [2.45, 2.75) is 30.1 Å². The monoisotopic (exact) mass is 247 g/mol. The van der Waals surface area contributed by atoms with Gasteiger partial charge in [-0.05, 0) is 19.9 Å². The highest BCUT2D eigenvalue weighted by molar-refractivity contribution is 8.01. The van der Waals surface area contributed by atoms with Gasteiger partial charge in [0.2, 0.25) is 0 Å². The minimum atomic E-state index is -0.230. The van der Waals surface area contributed by atoms with E-state index in [1.165, 1.54) is 11.3 Å². The topological polar surface area (TPSA) is 58.0 Å². The number of aromatic nitrogens is 2. The molecule has 1 atom stereocenters. The van der Waals surface area contributed by atoms with Gasteiger partial charge in [0.25, 0.3) is 0 Å². The van der Waals surface area contributed by atoms with Crippen molar-refractivity contribution in [3.05, 3.63) is 5.51 Å². The fourth-order valence-electron chi connectivity index (χ4n) is 1.03. The normalized spacial score (nSPS) is 15.1. The SMILES string of the molecule is CCCNC(C)(CO)CSc1nncs1. The van der Waals surface area contributed by atoms with Crippen molar-refractivity contribution in [2.24, 2.45) is 0 Å². The van der Waals surface area contributed by atoms with Crippen molar-refractivity contribution in [2.75, 3.05) is 18.9 Å². The van der Waals surface area contributed by atoms with E-state index in [0.29, 0.717) is 0 Å². The summed E-state index contributed by atoms with van der Waals surface area (Å²) in [5.41, 5.74) is 1.49. The van der Waals surface area contributed by atoms with Gasteiger partial charge in [-0.1, -0.05) is 30.0 Å². The smallest absolute Gasteiger partial charge is 0.174 e. The lowest BCUT2D eigenvalue weighted by molar-refractivity contribution is 0.192. The molecule has 0 aromatic carbocycles. The van der Waals surface area contributed by atoms with Crippen molar-refractivity contribution in [1.82, 2.24) is 15.5 Å². The predicted octanol–water partition coefficient (Wildman–Crippen LogP) is 1.38. The Morgan fingerprint density at radius 3 is 3.00 bits per heavy atom. The third kappa shape index (κ3) is 4.46. The van der Waals surface area contributed by atoms with E-state index in [0.717, 1.165) is 23.1 Å². The van der Waals surface area contributed by atoms with Crippen LogP contribution in [0.25, 0.3) is 0 Å². The third-order valence-electron chi connectivity index (χ3n) is 2.01. The maximum atomic E-state index is 9.33. The predicted molar refractivity (Wildman–Crippen MR) is 64.4 cm³/mol. The highest BCUT2D eigenvalue weighted by atomic mass is 32.2. The lowest BCUT2D eigenvalue weighted by Gasteiger charge is -2.27. The Bertz CT molecular complexity index is 268. The summed E-state index contributed by atoms with van der Waals surface area (Å²) in [4.78, 5) is 0. The molecule has 0 aliphatic rings. The lowest BCUT2D eigenvalue weighted by atomic mass is 10.1. The van der Waals surface area contributed by atoms with Gasteiger partial charge in [0.15, 0.2) is 4.34 Å². The highest BCUT2D eigenvalue weighted by Gasteiger charge is 2.22. The molecule has 0 aliphatic carbocycles. The van der Waals surface area contributed by atoms with Crippen LogP contribution in [-0.4, -0.2) is 39.7 Å². The van der Waals surface area contributed by atoms with Crippen LogP contribution in [0.3, 0.4) is 0 Å². The Labute approximate surface area is 98.5 Å². The first-order valence-electron chi connectivity index (χ1n) is 4.95. The molecule has 1 unspecified atom stereocenters. The molecular weight excluding hydrogens is 230 g/mol. The number of hydrogen-bond donors (Lipinski definition) is 2. The summed E-state index contributed by atoms with van der Waals surface area (Å²) in [7, 11) is 0. The molecule has 4 nitrogen and oxygen atoms in total. The summed E-state index contributed by atoms with van der Waals surface area (Å²) in [6.07, 6.45) is 1.07. The van der Waals surface area contributed by atoms with Gasteiger partial charge in [0.1, 0.15) is 5.51 Å². The molecule has 0 fully saturated rings. The molecule has 1 aromatic rings. The minimum absolute atomic E-state index is 0.138. The van der Waals surface area contributed by atoms with Gasteiger partial charge >= 0.3 is 0 Å². The van der Waals surface area contributed by atoms with Crippen LogP contribution in [0.1, 0.15) is 20.3 Å². The van der Waals surface area contributed by atoms with Crippen LogP contribution in [0.4, 0.5) is 0 Å². The first kappa shape index (κ1) is 12.9. The molecule has 0 radical (unpaired) electrons. The molecule has 0 saturated carbocycles. The van der Waals surface area contributed by atoms with E-state index in [2.05, 4.69) is 22.4 Å². The van der Waals surface area contributed by atoms with Crippen molar-refractivity contribution >= 4 is 23.1 Å². The summed E-state index contributed by atoms with van der Waals surface area (Å²) in [6, 6.07) is 0. The molecule has 0 bridgehead atoms. The minimum Gasteiger partial charge on any atom is -0.394 e. The molecule has 2 N–H and O–H groups in total. The summed E-state index contributed by atoms with van der Waals surface area (Å²) in [6.45, 7) is 5.20. The maximum Gasteiger partial charge on any atom is 0.174 e. The quantitative estimate of drug-likeness (QED) is 0.713. The average Bonchev–Trinajstić information content (AvgIpc) is 2.76. The molecule has 1 rings (SSSR count). The Kier molecular flexibility index (Phi) is 5.52. The number of thioether (sulfide) groups is 1. The molecule has 0 amide bonds. The third-order valence-corrected chi connectivity index (χ3v) is 4.24. The molecule has 15 heavy (non-hydrogen) atoms. The van der Waals surface area contributed by atoms with Crippen molar-refractivity contribution < 1.29 is 5.11 Å². The number of hydrogen-bond acceptors (Lipinski definition) is 6. The summed E-state index contributed by atoms with van der Waals surface area (Å²) in [5.74, 6) is 0.804. The summed E-state index contributed by atoms with van der Waals surface area (Å²) >= 11 is 3.16. The van der Waals surface area contributed by atoms with E-state index in [9.17, 15) is 5.11 Å². The van der Waals surface area contributed by atoms with Crippen molar-refractivity contribution in [1.29, 1.82) is 0 Å². The number of aliphatic hydroxyl groups excluding tert-OH is 1. The number of aliphatic hydroxyl groups is 1. The van der Waals surface area contributed by atoms with Crippen molar-refractivity contribution in [3.63, 3.8) is 0 Å². The molecule has 6 heteroatoms. The molecule has 0 aliphatic heterocycles. The lowest BCUT2D eigenvalue weighted by Crippen LogP contribution is -2.48. The van der Waals surface area contributed by atoms with Crippen LogP contribution in [-0.2, 0) is 0 Å². The molecule has 0 saturated heterocycles. The van der Waals surface area contributed by atoms with E-state index < -0.39 is 0 Å². The standard InChI is InChI=1S/C9H17N3OS2/c1-3-4-10-9(2,5-13)6-14-8-12-11-7-15-8/h7,10,13H,3-6H2,1-2H3. The Hall–Kier alpha value is -0.170. The van der Waals surface area contributed by atoms with Crippen molar-refractivity contribution in [3.8, 4) is 0 Å². The van der Waals surface area contributed by atoms with Gasteiger partial charge in [-0.25, -0.2) is 0 Å². The fourth-order valence-corrected chi connectivity index (χ4v) is 2.62. The Balaban J connectivity index is 2.38. The van der Waals surface area contributed by atoms with Gasteiger partial charge in [-0.3, -0.25) is 0 Å². The summed E-state index contributed by atoms with van der Waals surface area (Å²) in [5, 5.41) is 20.4. The zero-order valence-electron chi connectivity index (χ0n) is 9.06. The van der Waals surface area contributed by atoms with Crippen LogP contribution in [0.2, 0.25) is 0 Å². The van der Waals surface area contributed by atoms with Crippen LogP contribution in [0.15, 0.2) is 9.85 Å². The van der Waals surface area contributed by atoms with Gasteiger partial charge in [0, 0.05) is 11.3 Å². The largest absolute Gasteiger partial charge is 0.394 e. The van der Waals surface area contributed by atoms with E-state index >= 15 is 0 Å². The molecule has 1 heterocycles. The number of nitrogens with zero attached hydrogens (tertiary/aromatic N) is 2. The maximum absolute atomic E-state index is 9.33. The first-order valence-corrected chi connectivity index (χ1v) is 6.81. The summed E-state index contributed by atoms with van der Waals surface area (Å²) < 4.78 is 0.952. The van der Waals surface area contributed by atoms with Gasteiger partial charge in [-0.2, -0.15) is 0 Å². The van der Waals surface area contributed by atoms with Gasteiger partial charge in [0.05, 0.1) is 6.61 Å². The first-order chi connectivity index (χ1) is 7.20. The van der Waals surface area contributed by atoms with Crippen LogP contribution < -0.4 is 5.32 Å². The fraction of sp³-hybridized carbons (Fsp3) is 0.778.